The monoisotopic (exact) mass is 385 g/mol. The number of pyridine rings is 1. The summed E-state index contributed by atoms with van der Waals surface area (Å²) in [6.07, 6.45) is 3.82. The molecule has 1 aromatic carbocycles. The van der Waals surface area contributed by atoms with Crippen LogP contribution >= 0.6 is 11.8 Å². The molecule has 7 heteroatoms. The van der Waals surface area contributed by atoms with E-state index in [9.17, 15) is 9.59 Å². The zero-order valence-electron chi connectivity index (χ0n) is 15.0. The minimum atomic E-state index is -0.206. The maximum absolute atomic E-state index is 12.5. The molecule has 0 saturated carbocycles. The predicted molar refractivity (Wildman–Crippen MR) is 107 cm³/mol. The molecular weight excluding hydrogens is 362 g/mol. The number of ether oxygens (including phenoxy) is 1. The van der Waals surface area contributed by atoms with E-state index in [1.807, 2.05) is 18.2 Å². The first-order valence-corrected chi connectivity index (χ1v) is 10.1. The summed E-state index contributed by atoms with van der Waals surface area (Å²) in [5, 5.41) is 5.72. The van der Waals surface area contributed by atoms with Gasteiger partial charge in [-0.2, -0.15) is 0 Å². The fraction of sp³-hybridized carbons (Fsp3) is 0.350. The van der Waals surface area contributed by atoms with E-state index in [2.05, 4.69) is 15.6 Å². The normalized spacial score (nSPS) is 16.1. The van der Waals surface area contributed by atoms with Crippen molar-refractivity contribution < 1.29 is 14.3 Å². The topological polar surface area (TPSA) is 80.3 Å². The second-order valence-electron chi connectivity index (χ2n) is 6.25. The molecule has 0 radical (unpaired) electrons. The smallest absolute Gasteiger partial charge is 0.253 e. The molecule has 142 valence electrons. The summed E-state index contributed by atoms with van der Waals surface area (Å²) in [6.45, 7) is 1.24. The molecule has 2 aromatic rings. The molecule has 27 heavy (non-hydrogen) atoms. The van der Waals surface area contributed by atoms with E-state index < -0.39 is 0 Å². The summed E-state index contributed by atoms with van der Waals surface area (Å²) in [5.41, 5.74) is 1.91. The lowest BCUT2D eigenvalue weighted by molar-refractivity contribution is -0.113. The summed E-state index contributed by atoms with van der Waals surface area (Å²) >= 11 is 1.48. The second-order valence-corrected chi connectivity index (χ2v) is 7.24. The molecule has 1 fully saturated rings. The molecular formula is C20H23N3O3S. The number of carbonyl (C=O) groups excluding carboxylic acids is 2. The zero-order valence-corrected chi connectivity index (χ0v) is 15.8. The number of amides is 2. The third-order valence-electron chi connectivity index (χ3n) is 4.17. The van der Waals surface area contributed by atoms with Crippen LogP contribution in [0.15, 0.2) is 48.7 Å². The second kappa shape index (κ2) is 10.1. The van der Waals surface area contributed by atoms with Crippen molar-refractivity contribution in [2.45, 2.75) is 24.7 Å². The minimum Gasteiger partial charge on any atom is -0.376 e. The van der Waals surface area contributed by atoms with E-state index in [1.165, 1.54) is 11.8 Å². The van der Waals surface area contributed by atoms with Crippen LogP contribution in [0.25, 0.3) is 0 Å². The number of thioether (sulfide) groups is 1. The van der Waals surface area contributed by atoms with Gasteiger partial charge in [-0.3, -0.25) is 14.6 Å². The van der Waals surface area contributed by atoms with Crippen molar-refractivity contribution in [3.63, 3.8) is 0 Å². The number of aromatic nitrogens is 1. The summed E-state index contributed by atoms with van der Waals surface area (Å²) in [5.74, 6) is 0.609. The highest BCUT2D eigenvalue weighted by atomic mass is 32.2. The van der Waals surface area contributed by atoms with E-state index in [1.54, 1.807) is 30.5 Å². The molecule has 0 aliphatic carbocycles. The summed E-state index contributed by atoms with van der Waals surface area (Å²) in [7, 11) is 0. The Labute approximate surface area is 163 Å². The van der Waals surface area contributed by atoms with Gasteiger partial charge in [-0.25, -0.2) is 0 Å². The average molecular weight is 385 g/mol. The van der Waals surface area contributed by atoms with Gasteiger partial charge in [0.2, 0.25) is 5.91 Å². The third kappa shape index (κ3) is 6.08. The largest absolute Gasteiger partial charge is 0.376 e. The van der Waals surface area contributed by atoms with Crippen molar-refractivity contribution in [2.75, 3.05) is 24.2 Å². The first-order valence-electron chi connectivity index (χ1n) is 8.98. The number of anilines is 1. The van der Waals surface area contributed by atoms with Crippen LogP contribution in [0.4, 0.5) is 5.69 Å². The fourth-order valence-electron chi connectivity index (χ4n) is 2.82. The van der Waals surface area contributed by atoms with Gasteiger partial charge in [0.25, 0.3) is 5.91 Å². The first kappa shape index (κ1) is 19.4. The van der Waals surface area contributed by atoms with Crippen LogP contribution in [0, 0.1) is 0 Å². The van der Waals surface area contributed by atoms with Gasteiger partial charge in [0.1, 0.15) is 0 Å². The van der Waals surface area contributed by atoms with Crippen LogP contribution in [0.3, 0.4) is 0 Å². The Bertz CT molecular complexity index is 764. The predicted octanol–water partition coefficient (Wildman–Crippen LogP) is 2.86. The van der Waals surface area contributed by atoms with Gasteiger partial charge >= 0.3 is 0 Å². The molecule has 2 heterocycles. The molecule has 1 saturated heterocycles. The maximum Gasteiger partial charge on any atom is 0.253 e. The van der Waals surface area contributed by atoms with E-state index in [0.29, 0.717) is 29.3 Å². The van der Waals surface area contributed by atoms with Crippen LogP contribution in [-0.2, 0) is 15.3 Å². The highest BCUT2D eigenvalue weighted by molar-refractivity contribution is 7.99. The van der Waals surface area contributed by atoms with E-state index in [0.717, 1.165) is 25.1 Å². The highest BCUT2D eigenvalue weighted by Gasteiger charge is 2.18. The van der Waals surface area contributed by atoms with Crippen LogP contribution in [0.1, 0.15) is 28.9 Å². The summed E-state index contributed by atoms with van der Waals surface area (Å²) < 4.78 is 5.52. The average Bonchev–Trinajstić information content (AvgIpc) is 3.21. The van der Waals surface area contributed by atoms with Crippen molar-refractivity contribution >= 4 is 29.3 Å². The van der Waals surface area contributed by atoms with Gasteiger partial charge < -0.3 is 15.4 Å². The number of rotatable bonds is 8. The number of para-hydroxylation sites is 1. The Morgan fingerprint density at radius 2 is 2.04 bits per heavy atom. The highest BCUT2D eigenvalue weighted by Crippen LogP contribution is 2.17. The molecule has 1 unspecified atom stereocenters. The van der Waals surface area contributed by atoms with E-state index in [4.69, 9.17) is 4.74 Å². The Hall–Kier alpha value is -2.38. The molecule has 0 spiro atoms. The SMILES string of the molecule is O=C(CSCc1ccccn1)Nc1ccccc1C(=O)NCC1CCCO1. The van der Waals surface area contributed by atoms with Crippen LogP contribution in [0.2, 0.25) is 0 Å². The molecule has 1 aromatic heterocycles. The number of nitrogens with zero attached hydrogens (tertiary/aromatic N) is 1. The molecule has 1 atom stereocenters. The molecule has 1 aliphatic rings. The van der Waals surface area contributed by atoms with Crippen molar-refractivity contribution in [1.29, 1.82) is 0 Å². The van der Waals surface area contributed by atoms with Crippen molar-refractivity contribution in [3.8, 4) is 0 Å². The van der Waals surface area contributed by atoms with Crippen LogP contribution in [-0.4, -0.2) is 41.8 Å². The van der Waals surface area contributed by atoms with Gasteiger partial charge in [-0.15, -0.1) is 11.8 Å². The van der Waals surface area contributed by atoms with Crippen molar-refractivity contribution in [2.24, 2.45) is 0 Å². The molecule has 6 nitrogen and oxygen atoms in total. The maximum atomic E-state index is 12.5. The lowest BCUT2D eigenvalue weighted by Gasteiger charge is -2.13. The Kier molecular flexibility index (Phi) is 7.24. The summed E-state index contributed by atoms with van der Waals surface area (Å²) in [6, 6.07) is 12.7. The van der Waals surface area contributed by atoms with E-state index in [-0.39, 0.29) is 17.9 Å². The number of carbonyl (C=O) groups is 2. The number of nitrogens with one attached hydrogen (secondary N) is 2. The fourth-order valence-corrected chi connectivity index (χ4v) is 3.55. The molecule has 3 rings (SSSR count). The van der Waals surface area contributed by atoms with Crippen molar-refractivity contribution in [1.82, 2.24) is 10.3 Å². The van der Waals surface area contributed by atoms with Gasteiger partial charge in [-0.1, -0.05) is 18.2 Å². The first-order chi connectivity index (χ1) is 13.2. The standard InChI is InChI=1S/C20H23N3O3S/c24-19(14-27-13-15-6-3-4-10-21-15)23-18-9-2-1-8-17(18)20(25)22-12-16-7-5-11-26-16/h1-4,6,8-10,16H,5,7,11-14H2,(H,22,25)(H,23,24). The minimum absolute atomic E-state index is 0.0821. The van der Waals surface area contributed by atoms with Gasteiger partial charge in [0, 0.05) is 25.1 Å². The Balaban J connectivity index is 1.50. The number of benzene rings is 1. The molecule has 2 amide bonds. The Morgan fingerprint density at radius 1 is 1.19 bits per heavy atom. The molecule has 0 bridgehead atoms. The molecule has 2 N–H and O–H groups in total. The van der Waals surface area contributed by atoms with E-state index >= 15 is 0 Å². The lowest BCUT2D eigenvalue weighted by atomic mass is 10.1. The van der Waals surface area contributed by atoms with Crippen LogP contribution in [0.5, 0.6) is 0 Å². The zero-order chi connectivity index (χ0) is 18.9. The summed E-state index contributed by atoms with van der Waals surface area (Å²) in [4.78, 5) is 28.9. The number of hydrogen-bond donors (Lipinski definition) is 2. The lowest BCUT2D eigenvalue weighted by Crippen LogP contribution is -2.32. The molecule has 1 aliphatic heterocycles. The van der Waals surface area contributed by atoms with Crippen molar-refractivity contribution in [3.05, 3.63) is 59.9 Å². The third-order valence-corrected chi connectivity index (χ3v) is 5.14. The quantitative estimate of drug-likeness (QED) is 0.730. The number of hydrogen-bond acceptors (Lipinski definition) is 5. The van der Waals surface area contributed by atoms with Crippen LogP contribution < -0.4 is 10.6 Å². The van der Waals surface area contributed by atoms with Gasteiger partial charge in [-0.05, 0) is 37.1 Å². The Morgan fingerprint density at radius 3 is 2.81 bits per heavy atom. The van der Waals surface area contributed by atoms with Gasteiger partial charge in [0.15, 0.2) is 0 Å². The van der Waals surface area contributed by atoms with Gasteiger partial charge in [0.05, 0.1) is 28.8 Å².